The van der Waals surface area contributed by atoms with Gasteiger partial charge < -0.3 is 5.41 Å². The van der Waals surface area contributed by atoms with Gasteiger partial charge in [-0.2, -0.15) is 0 Å². The molecular formula is C16H15NS. The molecule has 1 nitrogen and oxygen atoms in total. The number of rotatable bonds is 4. The van der Waals surface area contributed by atoms with E-state index in [4.69, 9.17) is 5.41 Å². The molecule has 0 fully saturated rings. The van der Waals surface area contributed by atoms with Crippen molar-refractivity contribution < 1.29 is 0 Å². The van der Waals surface area contributed by atoms with E-state index in [1.807, 2.05) is 24.3 Å². The van der Waals surface area contributed by atoms with E-state index in [9.17, 15) is 0 Å². The minimum absolute atomic E-state index is 0.929. The zero-order chi connectivity index (χ0) is 12.8. The highest BCUT2D eigenvalue weighted by atomic mass is 32.2. The summed E-state index contributed by atoms with van der Waals surface area (Å²) < 4.78 is 0. The van der Waals surface area contributed by atoms with E-state index in [1.54, 1.807) is 11.8 Å². The first kappa shape index (κ1) is 12.7. The van der Waals surface area contributed by atoms with Gasteiger partial charge in [0.05, 0.1) is 0 Å². The predicted octanol–water partition coefficient (Wildman–Crippen LogP) is 4.76. The van der Waals surface area contributed by atoms with Gasteiger partial charge in [0.2, 0.25) is 0 Å². The quantitative estimate of drug-likeness (QED) is 0.616. The van der Waals surface area contributed by atoms with Crippen molar-refractivity contribution in [3.05, 3.63) is 70.6 Å². The number of hydrogen-bond acceptors (Lipinski definition) is 2. The lowest BCUT2D eigenvalue weighted by Gasteiger charge is -1.97. The molecule has 0 saturated carbocycles. The van der Waals surface area contributed by atoms with Crippen molar-refractivity contribution in [1.29, 1.82) is 5.41 Å². The third-order valence-electron chi connectivity index (χ3n) is 2.59. The molecule has 2 aromatic carbocycles. The highest BCUT2D eigenvalue weighted by molar-refractivity contribution is 8.02. The standard InChI is InChI=1S/C16H15NS/c1-13-2-8-16(9-3-13)18-11-10-14-4-6-15(12-17)7-5-14/h2-12,17H,1H3/b11-10+,17-12?. The summed E-state index contributed by atoms with van der Waals surface area (Å²) in [5.74, 6) is 0. The highest BCUT2D eigenvalue weighted by Gasteiger charge is 1.91. The Morgan fingerprint density at radius 2 is 1.50 bits per heavy atom. The van der Waals surface area contributed by atoms with Crippen molar-refractivity contribution in [3.63, 3.8) is 0 Å². The van der Waals surface area contributed by atoms with Crippen molar-refractivity contribution in [3.8, 4) is 0 Å². The molecule has 0 spiro atoms. The van der Waals surface area contributed by atoms with Crippen LogP contribution >= 0.6 is 11.8 Å². The van der Waals surface area contributed by atoms with Crippen LogP contribution in [0.25, 0.3) is 6.08 Å². The largest absolute Gasteiger partial charge is 0.308 e. The Morgan fingerprint density at radius 3 is 2.11 bits per heavy atom. The Morgan fingerprint density at radius 1 is 0.889 bits per heavy atom. The van der Waals surface area contributed by atoms with Gasteiger partial charge in [-0.05, 0) is 41.7 Å². The second kappa shape index (κ2) is 6.22. The van der Waals surface area contributed by atoms with E-state index in [2.05, 4.69) is 42.7 Å². The molecule has 0 bridgehead atoms. The van der Waals surface area contributed by atoms with Crippen molar-refractivity contribution in [2.24, 2.45) is 0 Å². The van der Waals surface area contributed by atoms with Crippen LogP contribution in [0, 0.1) is 12.3 Å². The van der Waals surface area contributed by atoms with Crippen molar-refractivity contribution >= 4 is 24.1 Å². The molecule has 1 N–H and O–H groups in total. The van der Waals surface area contributed by atoms with Crippen LogP contribution in [0.5, 0.6) is 0 Å². The summed E-state index contributed by atoms with van der Waals surface area (Å²) in [4.78, 5) is 1.24. The van der Waals surface area contributed by atoms with Crippen LogP contribution < -0.4 is 0 Å². The Bertz CT molecular complexity index is 538. The van der Waals surface area contributed by atoms with E-state index in [-0.39, 0.29) is 0 Å². The van der Waals surface area contributed by atoms with E-state index >= 15 is 0 Å². The van der Waals surface area contributed by atoms with Crippen LogP contribution in [0.1, 0.15) is 16.7 Å². The fourth-order valence-corrected chi connectivity index (χ4v) is 2.19. The molecule has 18 heavy (non-hydrogen) atoms. The molecule has 0 aromatic heterocycles. The molecule has 0 aliphatic rings. The van der Waals surface area contributed by atoms with Gasteiger partial charge in [0.25, 0.3) is 0 Å². The van der Waals surface area contributed by atoms with Crippen LogP contribution in [-0.4, -0.2) is 6.21 Å². The van der Waals surface area contributed by atoms with Crippen molar-refractivity contribution in [2.45, 2.75) is 11.8 Å². The second-order valence-electron chi connectivity index (χ2n) is 4.04. The van der Waals surface area contributed by atoms with Gasteiger partial charge in [-0.25, -0.2) is 0 Å². The third-order valence-corrected chi connectivity index (χ3v) is 3.41. The molecule has 0 aliphatic heterocycles. The summed E-state index contributed by atoms with van der Waals surface area (Å²) in [6.07, 6.45) is 3.44. The lowest BCUT2D eigenvalue weighted by Crippen LogP contribution is -1.78. The van der Waals surface area contributed by atoms with Gasteiger partial charge in [0.15, 0.2) is 0 Å². The van der Waals surface area contributed by atoms with Crippen LogP contribution in [0.15, 0.2) is 58.8 Å². The van der Waals surface area contributed by atoms with Crippen LogP contribution in [0.4, 0.5) is 0 Å². The Kier molecular flexibility index (Phi) is 4.37. The van der Waals surface area contributed by atoms with Gasteiger partial charge in [-0.3, -0.25) is 0 Å². The Labute approximate surface area is 112 Å². The van der Waals surface area contributed by atoms with Gasteiger partial charge in [0.1, 0.15) is 0 Å². The molecule has 0 heterocycles. The Hall–Kier alpha value is -1.80. The number of benzene rings is 2. The van der Waals surface area contributed by atoms with Crippen molar-refractivity contribution in [2.75, 3.05) is 0 Å². The molecule has 0 atom stereocenters. The lowest BCUT2D eigenvalue weighted by atomic mass is 10.1. The van der Waals surface area contributed by atoms with Gasteiger partial charge in [-0.15, -0.1) is 0 Å². The van der Waals surface area contributed by atoms with Crippen LogP contribution in [-0.2, 0) is 0 Å². The maximum Gasteiger partial charge on any atom is 0.0250 e. The topological polar surface area (TPSA) is 23.9 Å². The second-order valence-corrected chi connectivity index (χ2v) is 5.02. The molecule has 0 aliphatic carbocycles. The predicted molar refractivity (Wildman–Crippen MR) is 80.4 cm³/mol. The van der Waals surface area contributed by atoms with E-state index in [1.165, 1.54) is 16.7 Å². The molecule has 2 rings (SSSR count). The molecule has 90 valence electrons. The normalized spacial score (nSPS) is 10.7. The number of nitrogens with one attached hydrogen (secondary N) is 1. The zero-order valence-corrected chi connectivity index (χ0v) is 11.1. The number of hydrogen-bond donors (Lipinski definition) is 1. The summed E-state index contributed by atoms with van der Waals surface area (Å²) in [5, 5.41) is 9.22. The fourth-order valence-electron chi connectivity index (χ4n) is 1.51. The summed E-state index contributed by atoms with van der Waals surface area (Å²) >= 11 is 1.71. The molecule has 0 radical (unpaired) electrons. The molecule has 2 aromatic rings. The zero-order valence-electron chi connectivity index (χ0n) is 10.3. The summed E-state index contributed by atoms with van der Waals surface area (Å²) in [5.41, 5.74) is 3.36. The molecular weight excluding hydrogens is 238 g/mol. The fraction of sp³-hybridized carbons (Fsp3) is 0.0625. The first-order chi connectivity index (χ1) is 8.78. The van der Waals surface area contributed by atoms with Crippen LogP contribution in [0.2, 0.25) is 0 Å². The summed E-state index contributed by atoms with van der Waals surface area (Å²) in [6.45, 7) is 2.09. The highest BCUT2D eigenvalue weighted by Crippen LogP contribution is 2.20. The van der Waals surface area contributed by atoms with Crippen molar-refractivity contribution in [1.82, 2.24) is 0 Å². The van der Waals surface area contributed by atoms with Gasteiger partial charge in [-0.1, -0.05) is 53.7 Å². The molecule has 2 heteroatoms. The SMILES string of the molecule is Cc1ccc(S/C=C/c2ccc(C=N)cc2)cc1. The van der Waals surface area contributed by atoms with Gasteiger partial charge in [0, 0.05) is 11.1 Å². The van der Waals surface area contributed by atoms with Gasteiger partial charge >= 0.3 is 0 Å². The molecule has 0 saturated heterocycles. The van der Waals surface area contributed by atoms with E-state index < -0.39 is 0 Å². The monoisotopic (exact) mass is 253 g/mol. The minimum Gasteiger partial charge on any atom is -0.308 e. The summed E-state index contributed by atoms with van der Waals surface area (Å²) in [6, 6.07) is 16.4. The maximum absolute atomic E-state index is 7.13. The third kappa shape index (κ3) is 3.60. The number of aryl methyl sites for hydroxylation is 1. The summed E-state index contributed by atoms with van der Waals surface area (Å²) in [7, 11) is 0. The average molecular weight is 253 g/mol. The lowest BCUT2D eigenvalue weighted by molar-refractivity contribution is 1.38. The first-order valence-corrected chi connectivity index (χ1v) is 6.66. The number of thioether (sulfide) groups is 1. The molecule has 0 unspecified atom stereocenters. The average Bonchev–Trinajstić information content (AvgIpc) is 2.42. The minimum atomic E-state index is 0.929. The first-order valence-electron chi connectivity index (χ1n) is 5.78. The molecule has 0 amide bonds. The van der Waals surface area contributed by atoms with E-state index in [0.29, 0.717) is 0 Å². The smallest absolute Gasteiger partial charge is 0.0250 e. The van der Waals surface area contributed by atoms with E-state index in [0.717, 1.165) is 11.1 Å². The Balaban J connectivity index is 1.98. The maximum atomic E-state index is 7.13. The van der Waals surface area contributed by atoms with Crippen LogP contribution in [0.3, 0.4) is 0 Å².